The molecule has 14 heteroatoms. The summed E-state index contributed by atoms with van der Waals surface area (Å²) in [4.78, 5) is 0. The maximum absolute atomic E-state index is 8.52. The predicted octanol–water partition coefficient (Wildman–Crippen LogP) is -6.00. The van der Waals surface area contributed by atoms with E-state index in [1.807, 2.05) is 0 Å². The van der Waals surface area contributed by atoms with Crippen LogP contribution in [-0.4, -0.2) is 50.4 Å². The van der Waals surface area contributed by atoms with Crippen LogP contribution in [0.2, 0.25) is 0 Å². The third kappa shape index (κ3) is 249. The molecular formula is MgNb4O8Pb. The monoisotopic (exact) mass is 732 g/mol. The van der Waals surface area contributed by atoms with E-state index >= 15 is 0 Å². The standard InChI is InChI=1S/Mg.4Nb.8O.Pb/q+2;;;;;;;;;4*-1;+2. The molecule has 0 heterocycles. The molecule has 0 aliphatic heterocycles. The van der Waals surface area contributed by atoms with Crippen LogP contribution in [0.15, 0.2) is 0 Å². The number of hydrogen-bond donors (Lipinski definition) is 0. The van der Waals surface area contributed by atoms with Gasteiger partial charge in [0, 0.05) is 0 Å². The predicted molar refractivity (Wildman–Crippen MR) is 14.3 cm³/mol. The van der Waals surface area contributed by atoms with Crippen molar-refractivity contribution in [1.82, 2.24) is 0 Å². The zero-order valence-electron chi connectivity index (χ0n) is 6.26. The van der Waals surface area contributed by atoms with E-state index in [2.05, 4.69) is 0 Å². The van der Waals surface area contributed by atoms with Crippen molar-refractivity contribution in [2.24, 2.45) is 0 Å². The van der Waals surface area contributed by atoms with Gasteiger partial charge in [-0.15, -0.1) is 0 Å². The summed E-state index contributed by atoms with van der Waals surface area (Å²) in [6.45, 7) is 0. The smallest absolute Gasteiger partial charge is 2.00 e. The molecule has 0 N–H and O–H groups in total. The minimum absolute atomic E-state index is 0. The van der Waals surface area contributed by atoms with Gasteiger partial charge in [-0.1, -0.05) is 0 Å². The molecule has 8 nitrogen and oxygen atoms in total. The van der Waals surface area contributed by atoms with Crippen molar-refractivity contribution in [2.75, 3.05) is 0 Å². The van der Waals surface area contributed by atoms with Gasteiger partial charge in [0.05, 0.1) is 0 Å². The second-order valence-corrected chi connectivity index (χ2v) is 1.76. The van der Waals surface area contributed by atoms with Gasteiger partial charge in [-0.3, -0.25) is 0 Å². The molecule has 0 aromatic rings. The van der Waals surface area contributed by atoms with Gasteiger partial charge in [0.2, 0.25) is 0 Å². The molecule has 0 amide bonds. The largest absolute Gasteiger partial charge is 2.00 e. The number of rotatable bonds is 0. The van der Waals surface area contributed by atoms with Gasteiger partial charge >= 0.3 is 158 Å². The average molecular weight is 731 g/mol. The van der Waals surface area contributed by atoms with E-state index in [9.17, 15) is 0 Å². The maximum atomic E-state index is 8.52. The second kappa shape index (κ2) is 69.5. The van der Waals surface area contributed by atoms with E-state index in [4.69, 9.17) is 27.5 Å². The molecule has 0 aromatic carbocycles. The van der Waals surface area contributed by atoms with E-state index in [1.165, 1.54) is 0 Å². The van der Waals surface area contributed by atoms with E-state index in [1.54, 1.807) is 0 Å². The Balaban J connectivity index is -0.0000000145. The van der Waals surface area contributed by atoms with Crippen LogP contribution in [-0.2, 0) is 93.5 Å². The van der Waals surface area contributed by atoms with Gasteiger partial charge in [0.15, 0.2) is 0 Å². The molecule has 0 spiro atoms. The first kappa shape index (κ1) is 36.1. The van der Waals surface area contributed by atoms with Gasteiger partial charge < -0.3 is 0 Å². The Hall–Kier alpha value is 3.69. The molecule has 0 atom stereocenters. The Kier molecular flexibility index (Phi) is 179. The fraction of sp³-hybridized carbons (Fsp3) is 0. The molecule has 2 radical (unpaired) electrons. The van der Waals surface area contributed by atoms with E-state index in [-0.39, 0.29) is 50.4 Å². The van der Waals surface area contributed by atoms with Crippen LogP contribution >= 0.6 is 0 Å². The molecule has 0 fully saturated rings. The Morgan fingerprint density at radius 3 is 0.571 bits per heavy atom. The van der Waals surface area contributed by atoms with E-state index in [0.717, 1.165) is 0 Å². The van der Waals surface area contributed by atoms with Crippen molar-refractivity contribution in [2.45, 2.75) is 0 Å². The van der Waals surface area contributed by atoms with Gasteiger partial charge in [0.25, 0.3) is 0 Å². The third-order valence-electron chi connectivity index (χ3n) is 0. The zero-order chi connectivity index (χ0) is 10.8. The van der Waals surface area contributed by atoms with Crippen LogP contribution in [0.4, 0.5) is 0 Å². The average Bonchev–Trinajstić information content (AvgIpc) is 1.92. The van der Waals surface area contributed by atoms with Crippen molar-refractivity contribution in [3.8, 4) is 0 Å². The van der Waals surface area contributed by atoms with Crippen molar-refractivity contribution < 1.29 is 108 Å². The van der Waals surface area contributed by atoms with Gasteiger partial charge in [-0.2, -0.15) is 0 Å². The molecule has 14 heavy (non-hydrogen) atoms. The maximum Gasteiger partial charge on any atom is 2.00 e. The Morgan fingerprint density at radius 1 is 0.571 bits per heavy atom. The summed E-state index contributed by atoms with van der Waals surface area (Å²) in [6, 6.07) is 0. The Morgan fingerprint density at radius 2 is 0.571 bits per heavy atom. The SMILES string of the molecule is [Mg+2].[O]=[Nb][O-].[O]=[Nb][O-].[O]=[Nb][O-].[O]=[Nb][O-].[Pb+2]. The zero-order valence-corrected chi connectivity index (χ0v) is 20.4. The molecule has 0 aromatic heterocycles. The first-order chi connectivity index (χ1) is 5.66. The van der Waals surface area contributed by atoms with Gasteiger partial charge in [0.1, 0.15) is 0 Å². The first-order valence-corrected chi connectivity index (χ1v) is 8.64. The third-order valence-corrected chi connectivity index (χ3v) is 0. The molecule has 0 aliphatic carbocycles. The summed E-state index contributed by atoms with van der Waals surface area (Å²) < 4.78 is 68.2. The van der Waals surface area contributed by atoms with Crippen LogP contribution in [0.3, 0.4) is 0 Å². The summed E-state index contributed by atoms with van der Waals surface area (Å²) in [5, 5.41) is 0. The molecular weight excluding hydrogens is 731 g/mol. The quantitative estimate of drug-likeness (QED) is 0.223. The molecule has 0 aliphatic rings. The van der Waals surface area contributed by atoms with Crippen LogP contribution in [0, 0.1) is 0 Å². The van der Waals surface area contributed by atoms with E-state index < -0.39 is 80.5 Å². The normalized spacial score (nSPS) is 3.71. The first-order valence-electron chi connectivity index (χ1n) is 1.46. The molecule has 0 rings (SSSR count). The summed E-state index contributed by atoms with van der Waals surface area (Å²) in [7, 11) is 0. The summed E-state index contributed by atoms with van der Waals surface area (Å²) in [6.07, 6.45) is 0. The van der Waals surface area contributed by atoms with Crippen molar-refractivity contribution >= 4 is 50.4 Å². The second-order valence-electron chi connectivity index (χ2n) is 0.298. The minimum Gasteiger partial charge on any atom is 2.00 e. The van der Waals surface area contributed by atoms with Crippen LogP contribution in [0.25, 0.3) is 0 Å². The van der Waals surface area contributed by atoms with Crippen LogP contribution in [0.5, 0.6) is 0 Å². The summed E-state index contributed by atoms with van der Waals surface area (Å²) in [5.74, 6) is 0. The molecule has 74 valence electrons. The molecule has 0 bridgehead atoms. The van der Waals surface area contributed by atoms with Crippen molar-refractivity contribution in [3.05, 3.63) is 0 Å². The van der Waals surface area contributed by atoms with Crippen molar-refractivity contribution in [3.63, 3.8) is 0 Å². The van der Waals surface area contributed by atoms with Gasteiger partial charge in [-0.25, -0.2) is 0 Å². The molecule has 0 saturated carbocycles. The van der Waals surface area contributed by atoms with Gasteiger partial charge in [-0.05, 0) is 0 Å². The summed E-state index contributed by atoms with van der Waals surface area (Å²) >= 11 is -8.60. The topological polar surface area (TPSA) is 161 Å². The molecule has 0 saturated heterocycles. The van der Waals surface area contributed by atoms with Crippen molar-refractivity contribution in [1.29, 1.82) is 0 Å². The number of hydrogen-bond acceptors (Lipinski definition) is 8. The minimum atomic E-state index is -2.15. The van der Waals surface area contributed by atoms with E-state index in [0.29, 0.717) is 0 Å². The Bertz CT molecular complexity index is 75.3. The summed E-state index contributed by atoms with van der Waals surface area (Å²) in [5.41, 5.74) is 0. The molecule has 0 unspecified atom stereocenters. The fourth-order valence-electron chi connectivity index (χ4n) is 0. The van der Waals surface area contributed by atoms with Crippen LogP contribution < -0.4 is 14.5 Å². The Labute approximate surface area is 155 Å². The van der Waals surface area contributed by atoms with Crippen LogP contribution in [0.1, 0.15) is 0 Å². The fourth-order valence-corrected chi connectivity index (χ4v) is 0.